The van der Waals surface area contributed by atoms with Gasteiger partial charge in [-0.05, 0) is 12.1 Å². The highest BCUT2D eigenvalue weighted by molar-refractivity contribution is 5.79. The van der Waals surface area contributed by atoms with E-state index in [1.54, 1.807) is 13.3 Å². The van der Waals surface area contributed by atoms with Crippen molar-refractivity contribution in [1.82, 2.24) is 25.2 Å². The van der Waals surface area contributed by atoms with Gasteiger partial charge in [0.15, 0.2) is 5.96 Å². The highest BCUT2D eigenvalue weighted by atomic mass is 16.5. The van der Waals surface area contributed by atoms with Gasteiger partial charge in [0.1, 0.15) is 12.0 Å². The number of guanidine groups is 1. The van der Waals surface area contributed by atoms with Crippen molar-refractivity contribution in [1.29, 1.82) is 0 Å². The average Bonchev–Trinajstić information content (AvgIpc) is 3.28. The van der Waals surface area contributed by atoms with E-state index in [1.807, 2.05) is 65.4 Å². The Bertz CT molecular complexity index is 779. The second-order valence-corrected chi connectivity index (χ2v) is 5.38. The van der Waals surface area contributed by atoms with E-state index in [0.29, 0.717) is 13.1 Å². The van der Waals surface area contributed by atoms with Gasteiger partial charge in [-0.3, -0.25) is 4.99 Å². The molecule has 1 aromatic carbocycles. The minimum absolute atomic E-state index is 0.566. The van der Waals surface area contributed by atoms with E-state index in [-0.39, 0.29) is 0 Å². The van der Waals surface area contributed by atoms with Crippen LogP contribution in [0.4, 0.5) is 0 Å². The van der Waals surface area contributed by atoms with E-state index < -0.39 is 0 Å². The molecule has 0 spiro atoms. The Hall–Kier alpha value is -3.09. The van der Waals surface area contributed by atoms with Crippen LogP contribution in [0, 0.1) is 0 Å². The summed E-state index contributed by atoms with van der Waals surface area (Å²) in [6.45, 7) is 1.27. The molecule has 0 atom stereocenters. The number of benzene rings is 1. The molecule has 0 aliphatic heterocycles. The molecule has 0 radical (unpaired) electrons. The minimum Gasteiger partial charge on any atom is -0.364 e. The standard InChI is InChI=1S/C17H20N6O/c1-18-17(19-11-15-8-9-24-21-15)22(2)12-14-10-20-23(13-14)16-6-4-3-5-7-16/h3-10,13H,11-12H2,1-2H3,(H,18,19). The summed E-state index contributed by atoms with van der Waals surface area (Å²) in [6, 6.07) is 11.9. The normalized spacial score (nSPS) is 11.5. The third kappa shape index (κ3) is 3.81. The van der Waals surface area contributed by atoms with Crippen LogP contribution in [-0.2, 0) is 13.1 Å². The van der Waals surface area contributed by atoms with Gasteiger partial charge in [0, 0.05) is 38.5 Å². The Morgan fingerprint density at radius 3 is 2.83 bits per heavy atom. The van der Waals surface area contributed by atoms with Gasteiger partial charge in [0.2, 0.25) is 0 Å². The number of aromatic nitrogens is 3. The third-order valence-electron chi connectivity index (χ3n) is 3.57. The summed E-state index contributed by atoms with van der Waals surface area (Å²) in [4.78, 5) is 6.33. The zero-order valence-corrected chi connectivity index (χ0v) is 13.8. The lowest BCUT2D eigenvalue weighted by Crippen LogP contribution is -2.38. The zero-order valence-electron chi connectivity index (χ0n) is 13.8. The maximum atomic E-state index is 4.83. The summed E-state index contributed by atoms with van der Waals surface area (Å²) in [5.74, 6) is 0.783. The van der Waals surface area contributed by atoms with Crippen LogP contribution in [0.1, 0.15) is 11.3 Å². The maximum absolute atomic E-state index is 4.83. The van der Waals surface area contributed by atoms with E-state index in [4.69, 9.17) is 4.52 Å². The number of nitrogens with one attached hydrogen (secondary N) is 1. The number of hydrogen-bond donors (Lipinski definition) is 1. The molecule has 7 nitrogen and oxygen atoms in total. The molecule has 0 fully saturated rings. The van der Waals surface area contributed by atoms with Crippen LogP contribution in [0.25, 0.3) is 5.69 Å². The molecule has 0 amide bonds. The number of para-hydroxylation sites is 1. The van der Waals surface area contributed by atoms with Gasteiger partial charge in [-0.15, -0.1) is 0 Å². The molecule has 2 heterocycles. The van der Waals surface area contributed by atoms with Crippen LogP contribution < -0.4 is 5.32 Å². The van der Waals surface area contributed by atoms with Gasteiger partial charge < -0.3 is 14.7 Å². The Morgan fingerprint density at radius 2 is 2.12 bits per heavy atom. The van der Waals surface area contributed by atoms with Crippen molar-refractivity contribution < 1.29 is 4.52 Å². The SMILES string of the molecule is CN=C(NCc1ccon1)N(C)Cc1cnn(-c2ccccc2)c1. The minimum atomic E-state index is 0.566. The van der Waals surface area contributed by atoms with Gasteiger partial charge in [-0.25, -0.2) is 4.68 Å². The summed E-state index contributed by atoms with van der Waals surface area (Å²) in [5, 5.41) is 11.6. The second-order valence-electron chi connectivity index (χ2n) is 5.38. The van der Waals surface area contributed by atoms with Crippen LogP contribution >= 0.6 is 0 Å². The molecule has 0 saturated carbocycles. The summed E-state index contributed by atoms with van der Waals surface area (Å²) in [5.41, 5.74) is 2.98. The zero-order chi connectivity index (χ0) is 16.8. The van der Waals surface area contributed by atoms with Crippen molar-refractivity contribution in [2.24, 2.45) is 4.99 Å². The molecule has 0 aliphatic carbocycles. The fourth-order valence-electron chi connectivity index (χ4n) is 2.40. The smallest absolute Gasteiger partial charge is 0.194 e. The molecule has 24 heavy (non-hydrogen) atoms. The Labute approximate surface area is 140 Å². The quantitative estimate of drug-likeness (QED) is 0.574. The third-order valence-corrected chi connectivity index (χ3v) is 3.57. The first-order valence-corrected chi connectivity index (χ1v) is 7.66. The van der Waals surface area contributed by atoms with Crippen LogP contribution in [0.15, 0.2) is 64.6 Å². The lowest BCUT2D eigenvalue weighted by atomic mass is 10.3. The average molecular weight is 324 g/mol. The lowest BCUT2D eigenvalue weighted by molar-refractivity contribution is 0.409. The Morgan fingerprint density at radius 1 is 1.29 bits per heavy atom. The van der Waals surface area contributed by atoms with Crippen LogP contribution in [-0.4, -0.2) is 39.9 Å². The van der Waals surface area contributed by atoms with Crippen molar-refractivity contribution >= 4 is 5.96 Å². The molecule has 7 heteroatoms. The first-order chi connectivity index (χ1) is 11.8. The number of rotatable bonds is 5. The number of aliphatic imine (C=N–C) groups is 1. The van der Waals surface area contributed by atoms with Gasteiger partial charge in [-0.1, -0.05) is 23.4 Å². The summed E-state index contributed by atoms with van der Waals surface area (Å²) in [6.07, 6.45) is 5.45. The monoisotopic (exact) mass is 324 g/mol. The Kier molecular flexibility index (Phi) is 4.90. The van der Waals surface area contributed by atoms with Gasteiger partial charge in [-0.2, -0.15) is 5.10 Å². The van der Waals surface area contributed by atoms with E-state index in [9.17, 15) is 0 Å². The molecule has 3 aromatic rings. The molecule has 124 valence electrons. The molecule has 2 aromatic heterocycles. The van der Waals surface area contributed by atoms with Crippen LogP contribution in [0.5, 0.6) is 0 Å². The summed E-state index contributed by atoms with van der Waals surface area (Å²) in [7, 11) is 3.74. The topological polar surface area (TPSA) is 71.5 Å². The molecule has 0 aliphatic rings. The largest absolute Gasteiger partial charge is 0.364 e. The number of hydrogen-bond acceptors (Lipinski definition) is 4. The van der Waals surface area contributed by atoms with Gasteiger partial charge >= 0.3 is 0 Å². The van der Waals surface area contributed by atoms with Crippen molar-refractivity contribution in [3.05, 3.63) is 66.3 Å². The molecule has 3 rings (SSSR count). The lowest BCUT2D eigenvalue weighted by Gasteiger charge is -2.21. The predicted octanol–water partition coefficient (Wildman–Crippen LogP) is 2.07. The molecule has 0 unspecified atom stereocenters. The van der Waals surface area contributed by atoms with Crippen molar-refractivity contribution in [3.63, 3.8) is 0 Å². The van der Waals surface area contributed by atoms with E-state index in [0.717, 1.165) is 22.9 Å². The van der Waals surface area contributed by atoms with Crippen molar-refractivity contribution in [2.45, 2.75) is 13.1 Å². The van der Waals surface area contributed by atoms with Crippen LogP contribution in [0.3, 0.4) is 0 Å². The van der Waals surface area contributed by atoms with Crippen molar-refractivity contribution in [2.75, 3.05) is 14.1 Å². The molecule has 0 saturated heterocycles. The predicted molar refractivity (Wildman–Crippen MR) is 91.7 cm³/mol. The summed E-state index contributed by atoms with van der Waals surface area (Å²) < 4.78 is 6.70. The summed E-state index contributed by atoms with van der Waals surface area (Å²) >= 11 is 0. The first-order valence-electron chi connectivity index (χ1n) is 7.66. The second kappa shape index (κ2) is 7.45. The number of nitrogens with zero attached hydrogens (tertiary/aromatic N) is 5. The fraction of sp³-hybridized carbons (Fsp3) is 0.235. The maximum Gasteiger partial charge on any atom is 0.194 e. The molecule has 0 bridgehead atoms. The van der Waals surface area contributed by atoms with E-state index in [2.05, 4.69) is 20.6 Å². The first kappa shape index (κ1) is 15.8. The van der Waals surface area contributed by atoms with Crippen molar-refractivity contribution in [3.8, 4) is 5.69 Å². The van der Waals surface area contributed by atoms with Crippen LogP contribution in [0.2, 0.25) is 0 Å². The van der Waals surface area contributed by atoms with Gasteiger partial charge in [0.05, 0.1) is 18.4 Å². The van der Waals surface area contributed by atoms with E-state index >= 15 is 0 Å². The highest BCUT2D eigenvalue weighted by Gasteiger charge is 2.09. The Balaban J connectivity index is 1.61. The molecular formula is C17H20N6O. The molecular weight excluding hydrogens is 304 g/mol. The highest BCUT2D eigenvalue weighted by Crippen LogP contribution is 2.09. The fourth-order valence-corrected chi connectivity index (χ4v) is 2.40. The molecule has 1 N–H and O–H groups in total. The van der Waals surface area contributed by atoms with Gasteiger partial charge in [0.25, 0.3) is 0 Å². The van der Waals surface area contributed by atoms with E-state index in [1.165, 1.54) is 0 Å².